The van der Waals surface area contributed by atoms with E-state index in [0.29, 0.717) is 19.5 Å². The van der Waals surface area contributed by atoms with Crippen LogP contribution in [0.1, 0.15) is 42.1 Å². The SMILES string of the molecule is CCC(CN)CC(=O)N1CCCc2cc(C(=O)O)ccc21. The second-order valence-corrected chi connectivity index (χ2v) is 5.51. The fraction of sp³-hybridized carbons (Fsp3) is 0.500. The average molecular weight is 290 g/mol. The summed E-state index contributed by atoms with van der Waals surface area (Å²) in [4.78, 5) is 25.3. The molecule has 2 rings (SSSR count). The fourth-order valence-electron chi connectivity index (χ4n) is 2.74. The molecule has 1 atom stereocenters. The molecule has 1 aromatic rings. The first-order valence-electron chi connectivity index (χ1n) is 7.43. The molecule has 1 aromatic carbocycles. The summed E-state index contributed by atoms with van der Waals surface area (Å²) in [5.41, 5.74) is 7.74. The van der Waals surface area contributed by atoms with Gasteiger partial charge in [-0.15, -0.1) is 0 Å². The Hall–Kier alpha value is -1.88. The molecule has 1 unspecified atom stereocenters. The Bertz CT molecular complexity index is 538. The van der Waals surface area contributed by atoms with Crippen LogP contribution in [-0.2, 0) is 11.2 Å². The van der Waals surface area contributed by atoms with Gasteiger partial charge in [-0.25, -0.2) is 4.79 Å². The lowest BCUT2D eigenvalue weighted by Gasteiger charge is -2.30. The first-order chi connectivity index (χ1) is 10.1. The molecule has 0 saturated heterocycles. The topological polar surface area (TPSA) is 83.6 Å². The maximum atomic E-state index is 12.5. The lowest BCUT2D eigenvalue weighted by atomic mass is 9.97. The molecule has 1 aliphatic rings. The number of aromatic carboxylic acids is 1. The van der Waals surface area contributed by atoms with E-state index in [-0.39, 0.29) is 17.4 Å². The predicted octanol–water partition coefficient (Wildman–Crippen LogP) is 2.04. The molecule has 1 aliphatic heterocycles. The molecule has 3 N–H and O–H groups in total. The number of nitrogens with two attached hydrogens (primary N) is 1. The van der Waals surface area contributed by atoms with Crippen molar-refractivity contribution < 1.29 is 14.7 Å². The first kappa shape index (κ1) is 15.5. The van der Waals surface area contributed by atoms with Gasteiger partial charge in [0.15, 0.2) is 0 Å². The van der Waals surface area contributed by atoms with E-state index >= 15 is 0 Å². The largest absolute Gasteiger partial charge is 0.478 e. The van der Waals surface area contributed by atoms with E-state index < -0.39 is 5.97 Å². The summed E-state index contributed by atoms with van der Waals surface area (Å²) in [5, 5.41) is 9.05. The molecule has 114 valence electrons. The van der Waals surface area contributed by atoms with Gasteiger partial charge in [-0.3, -0.25) is 4.79 Å². The molecule has 0 fully saturated rings. The number of rotatable bonds is 5. The van der Waals surface area contributed by atoms with Crippen molar-refractivity contribution in [1.82, 2.24) is 0 Å². The average Bonchev–Trinajstić information content (AvgIpc) is 2.51. The number of carbonyl (C=O) groups excluding carboxylic acids is 1. The summed E-state index contributed by atoms with van der Waals surface area (Å²) in [6.07, 6.45) is 3.02. The normalized spacial score (nSPS) is 15.4. The third-order valence-electron chi connectivity index (χ3n) is 4.12. The zero-order valence-electron chi connectivity index (χ0n) is 12.3. The Balaban J connectivity index is 2.21. The number of fused-ring (bicyclic) bond motifs is 1. The van der Waals surface area contributed by atoms with Gasteiger partial charge in [0, 0.05) is 18.7 Å². The molecule has 1 heterocycles. The van der Waals surface area contributed by atoms with Crippen LogP contribution >= 0.6 is 0 Å². The van der Waals surface area contributed by atoms with Gasteiger partial charge in [-0.1, -0.05) is 13.3 Å². The number of carboxylic acid groups (broad SMARTS) is 1. The van der Waals surface area contributed by atoms with Gasteiger partial charge < -0.3 is 15.7 Å². The molecule has 0 spiro atoms. The molecule has 0 saturated carbocycles. The van der Waals surface area contributed by atoms with Gasteiger partial charge in [0.1, 0.15) is 0 Å². The molecule has 0 radical (unpaired) electrons. The van der Waals surface area contributed by atoms with E-state index in [4.69, 9.17) is 10.8 Å². The lowest BCUT2D eigenvalue weighted by Crippen LogP contribution is -2.37. The third-order valence-corrected chi connectivity index (χ3v) is 4.12. The van der Waals surface area contributed by atoms with Crippen LogP contribution < -0.4 is 10.6 Å². The molecule has 0 aliphatic carbocycles. The number of benzene rings is 1. The quantitative estimate of drug-likeness (QED) is 0.869. The van der Waals surface area contributed by atoms with E-state index in [1.807, 2.05) is 6.92 Å². The van der Waals surface area contributed by atoms with Gasteiger partial charge in [0.25, 0.3) is 0 Å². The van der Waals surface area contributed by atoms with Crippen LogP contribution in [0.15, 0.2) is 18.2 Å². The highest BCUT2D eigenvalue weighted by molar-refractivity contribution is 5.96. The first-order valence-corrected chi connectivity index (χ1v) is 7.43. The number of aryl methyl sites for hydroxylation is 1. The molecule has 21 heavy (non-hydrogen) atoms. The van der Waals surface area contributed by atoms with Crippen LogP contribution in [0.5, 0.6) is 0 Å². The molecular weight excluding hydrogens is 268 g/mol. The van der Waals surface area contributed by atoms with Crippen LogP contribution in [0.25, 0.3) is 0 Å². The molecule has 5 nitrogen and oxygen atoms in total. The van der Waals surface area contributed by atoms with Crippen molar-refractivity contribution in [2.45, 2.75) is 32.6 Å². The molecular formula is C16H22N2O3. The van der Waals surface area contributed by atoms with E-state index in [1.54, 1.807) is 23.1 Å². The van der Waals surface area contributed by atoms with Gasteiger partial charge in [0.05, 0.1) is 5.56 Å². The Morgan fingerprint density at radius 2 is 2.19 bits per heavy atom. The van der Waals surface area contributed by atoms with Crippen molar-refractivity contribution >= 4 is 17.6 Å². The Labute approximate surface area is 124 Å². The van der Waals surface area contributed by atoms with Crippen LogP contribution in [0, 0.1) is 5.92 Å². The number of carboxylic acids is 1. The monoisotopic (exact) mass is 290 g/mol. The number of hydrogen-bond acceptors (Lipinski definition) is 3. The third kappa shape index (κ3) is 3.42. The summed E-state index contributed by atoms with van der Waals surface area (Å²) in [6, 6.07) is 4.99. The van der Waals surface area contributed by atoms with Gasteiger partial charge in [0.2, 0.25) is 5.91 Å². The summed E-state index contributed by atoms with van der Waals surface area (Å²) in [6.45, 7) is 3.24. The fourth-order valence-corrected chi connectivity index (χ4v) is 2.74. The standard InChI is InChI=1S/C16H22N2O3/c1-2-11(10-17)8-15(19)18-7-3-4-12-9-13(16(20)21)5-6-14(12)18/h5-6,9,11H,2-4,7-8,10,17H2,1H3,(H,20,21). The molecule has 5 heteroatoms. The molecule has 1 amide bonds. The van der Waals surface area contributed by atoms with E-state index in [0.717, 1.165) is 30.5 Å². The minimum absolute atomic E-state index is 0.0799. The summed E-state index contributed by atoms with van der Waals surface area (Å²) in [5.74, 6) is -0.645. The molecule has 0 aromatic heterocycles. The smallest absolute Gasteiger partial charge is 0.335 e. The van der Waals surface area contributed by atoms with Crippen molar-refractivity contribution in [2.24, 2.45) is 11.7 Å². The van der Waals surface area contributed by atoms with Crippen LogP contribution in [0.2, 0.25) is 0 Å². The van der Waals surface area contributed by atoms with Gasteiger partial charge in [-0.2, -0.15) is 0 Å². The molecule has 0 bridgehead atoms. The minimum atomic E-state index is -0.935. The van der Waals surface area contributed by atoms with E-state index in [2.05, 4.69) is 0 Å². The van der Waals surface area contributed by atoms with Gasteiger partial charge in [-0.05, 0) is 49.1 Å². The number of hydrogen-bond donors (Lipinski definition) is 2. The number of carbonyl (C=O) groups is 2. The number of nitrogens with zero attached hydrogens (tertiary/aromatic N) is 1. The zero-order valence-corrected chi connectivity index (χ0v) is 12.3. The maximum Gasteiger partial charge on any atom is 0.335 e. The van der Waals surface area contributed by atoms with Crippen LogP contribution in [0.3, 0.4) is 0 Å². The highest BCUT2D eigenvalue weighted by atomic mass is 16.4. The summed E-state index contributed by atoms with van der Waals surface area (Å²) >= 11 is 0. The Morgan fingerprint density at radius 1 is 1.43 bits per heavy atom. The minimum Gasteiger partial charge on any atom is -0.478 e. The predicted molar refractivity (Wildman–Crippen MR) is 81.5 cm³/mol. The highest BCUT2D eigenvalue weighted by Crippen LogP contribution is 2.29. The maximum absolute atomic E-state index is 12.5. The van der Waals surface area contributed by atoms with Crippen LogP contribution in [0.4, 0.5) is 5.69 Å². The number of amides is 1. The lowest BCUT2D eigenvalue weighted by molar-refractivity contribution is -0.119. The van der Waals surface area contributed by atoms with Crippen LogP contribution in [-0.4, -0.2) is 30.1 Å². The highest BCUT2D eigenvalue weighted by Gasteiger charge is 2.24. The van der Waals surface area contributed by atoms with Crippen molar-refractivity contribution in [2.75, 3.05) is 18.0 Å². The summed E-state index contributed by atoms with van der Waals surface area (Å²) < 4.78 is 0. The van der Waals surface area contributed by atoms with E-state index in [1.165, 1.54) is 0 Å². The van der Waals surface area contributed by atoms with Crippen molar-refractivity contribution in [1.29, 1.82) is 0 Å². The van der Waals surface area contributed by atoms with Crippen molar-refractivity contribution in [3.05, 3.63) is 29.3 Å². The Morgan fingerprint density at radius 3 is 2.81 bits per heavy atom. The number of anilines is 1. The van der Waals surface area contributed by atoms with Crippen molar-refractivity contribution in [3.8, 4) is 0 Å². The zero-order chi connectivity index (χ0) is 15.4. The second kappa shape index (κ2) is 6.72. The Kier molecular flexibility index (Phi) is 4.96. The van der Waals surface area contributed by atoms with E-state index in [9.17, 15) is 9.59 Å². The summed E-state index contributed by atoms with van der Waals surface area (Å²) in [7, 11) is 0. The van der Waals surface area contributed by atoms with Gasteiger partial charge >= 0.3 is 5.97 Å². The van der Waals surface area contributed by atoms with Crippen molar-refractivity contribution in [3.63, 3.8) is 0 Å². The second-order valence-electron chi connectivity index (χ2n) is 5.51.